The minimum absolute atomic E-state index is 0.0157. The van der Waals surface area contributed by atoms with Crippen LogP contribution in [0.2, 0.25) is 0 Å². The zero-order chi connectivity index (χ0) is 12.9. The van der Waals surface area contributed by atoms with Gasteiger partial charge in [0.05, 0.1) is 5.75 Å². The van der Waals surface area contributed by atoms with Crippen molar-refractivity contribution in [2.45, 2.75) is 6.54 Å². The van der Waals surface area contributed by atoms with Crippen LogP contribution in [0, 0.1) is 11.6 Å². The largest absolute Gasteiger partial charge is 0.319 e. The Balaban J connectivity index is 2.64. The van der Waals surface area contributed by atoms with E-state index >= 15 is 0 Å². The molecule has 0 radical (unpaired) electrons. The lowest BCUT2D eigenvalue weighted by atomic mass is 10.2. The van der Waals surface area contributed by atoms with E-state index in [-0.39, 0.29) is 17.9 Å². The van der Waals surface area contributed by atoms with Crippen molar-refractivity contribution >= 4 is 10.0 Å². The molecule has 17 heavy (non-hydrogen) atoms. The van der Waals surface area contributed by atoms with Gasteiger partial charge in [-0.1, -0.05) is 0 Å². The monoisotopic (exact) mass is 264 g/mol. The Morgan fingerprint density at radius 3 is 2.65 bits per heavy atom. The predicted octanol–water partition coefficient (Wildman–Crippen LogP) is 0.604. The highest BCUT2D eigenvalue weighted by atomic mass is 32.2. The molecule has 7 heteroatoms. The number of hydrogen-bond donors (Lipinski definition) is 2. The van der Waals surface area contributed by atoms with Gasteiger partial charge < -0.3 is 5.32 Å². The van der Waals surface area contributed by atoms with Gasteiger partial charge in [0.2, 0.25) is 10.0 Å². The molecule has 0 spiro atoms. The highest BCUT2D eigenvalue weighted by Crippen LogP contribution is 2.09. The van der Waals surface area contributed by atoms with Crippen LogP contribution >= 0.6 is 0 Å². The van der Waals surface area contributed by atoms with Crippen molar-refractivity contribution in [1.29, 1.82) is 0 Å². The fourth-order valence-corrected chi connectivity index (χ4v) is 2.17. The molecule has 0 bridgehead atoms. The van der Waals surface area contributed by atoms with Gasteiger partial charge in [0, 0.05) is 18.7 Å². The van der Waals surface area contributed by atoms with E-state index < -0.39 is 21.7 Å². The van der Waals surface area contributed by atoms with Gasteiger partial charge in [-0.15, -0.1) is 0 Å². The van der Waals surface area contributed by atoms with E-state index in [4.69, 9.17) is 0 Å². The fourth-order valence-electron chi connectivity index (χ4n) is 1.18. The van der Waals surface area contributed by atoms with Crippen LogP contribution in [0.3, 0.4) is 0 Å². The van der Waals surface area contributed by atoms with Crippen LogP contribution in [0.5, 0.6) is 0 Å². The third-order valence-corrected chi connectivity index (χ3v) is 3.44. The number of benzene rings is 1. The van der Waals surface area contributed by atoms with E-state index in [1.807, 2.05) is 0 Å². The molecular formula is C10H14F2N2O2S. The van der Waals surface area contributed by atoms with Gasteiger partial charge in [-0.3, -0.25) is 0 Å². The molecule has 0 aliphatic heterocycles. The van der Waals surface area contributed by atoms with Crippen molar-refractivity contribution in [2.24, 2.45) is 0 Å². The minimum Gasteiger partial charge on any atom is -0.319 e. The van der Waals surface area contributed by atoms with Gasteiger partial charge in [0.15, 0.2) is 0 Å². The minimum atomic E-state index is -3.47. The van der Waals surface area contributed by atoms with Gasteiger partial charge in [-0.25, -0.2) is 21.9 Å². The second kappa shape index (κ2) is 6.04. The first-order valence-corrected chi connectivity index (χ1v) is 6.66. The second-order valence-corrected chi connectivity index (χ2v) is 5.41. The smallest absolute Gasteiger partial charge is 0.213 e. The number of rotatable bonds is 6. The van der Waals surface area contributed by atoms with E-state index in [1.165, 1.54) is 0 Å². The SMILES string of the molecule is CNCCS(=O)(=O)NCc1cc(F)ccc1F. The third kappa shape index (κ3) is 4.76. The standard InChI is InChI=1S/C10H14F2N2O2S/c1-13-4-5-17(15,16)14-7-8-6-9(11)2-3-10(8)12/h2-3,6,13-14H,4-5,7H2,1H3. The van der Waals surface area contributed by atoms with E-state index in [0.29, 0.717) is 6.54 Å². The molecule has 0 saturated carbocycles. The van der Waals surface area contributed by atoms with Crippen LogP contribution < -0.4 is 10.0 Å². The molecule has 0 heterocycles. The summed E-state index contributed by atoms with van der Waals surface area (Å²) in [6.45, 7) is 0.0383. The van der Waals surface area contributed by atoms with Gasteiger partial charge >= 0.3 is 0 Å². The lowest BCUT2D eigenvalue weighted by Gasteiger charge is -2.07. The molecule has 0 saturated heterocycles. The van der Waals surface area contributed by atoms with Crippen LogP contribution in [0.25, 0.3) is 0 Å². The molecule has 4 nitrogen and oxygen atoms in total. The van der Waals surface area contributed by atoms with E-state index in [1.54, 1.807) is 7.05 Å². The van der Waals surface area contributed by atoms with Crippen LogP contribution in [0.4, 0.5) is 8.78 Å². The van der Waals surface area contributed by atoms with Crippen molar-refractivity contribution in [3.8, 4) is 0 Å². The van der Waals surface area contributed by atoms with Crippen molar-refractivity contribution in [3.05, 3.63) is 35.4 Å². The van der Waals surface area contributed by atoms with Gasteiger partial charge in [-0.05, 0) is 25.2 Å². The van der Waals surface area contributed by atoms with Crippen LogP contribution in [0.15, 0.2) is 18.2 Å². The Morgan fingerprint density at radius 1 is 1.29 bits per heavy atom. The summed E-state index contributed by atoms with van der Waals surface area (Å²) in [5.74, 6) is -1.35. The highest BCUT2D eigenvalue weighted by Gasteiger charge is 2.11. The van der Waals surface area contributed by atoms with Gasteiger partial charge in [0.1, 0.15) is 11.6 Å². The molecule has 2 N–H and O–H groups in total. The first-order valence-electron chi connectivity index (χ1n) is 5.00. The summed E-state index contributed by atoms with van der Waals surface area (Å²) >= 11 is 0. The van der Waals surface area contributed by atoms with Gasteiger partial charge in [-0.2, -0.15) is 0 Å². The van der Waals surface area contributed by atoms with Crippen LogP contribution in [0.1, 0.15) is 5.56 Å². The van der Waals surface area contributed by atoms with E-state index in [9.17, 15) is 17.2 Å². The lowest BCUT2D eigenvalue weighted by molar-refractivity contribution is 0.565. The predicted molar refractivity (Wildman–Crippen MR) is 60.9 cm³/mol. The maximum atomic E-state index is 13.2. The molecule has 1 rings (SSSR count). The second-order valence-electron chi connectivity index (χ2n) is 3.48. The highest BCUT2D eigenvalue weighted by molar-refractivity contribution is 7.89. The molecule has 0 aliphatic carbocycles. The summed E-state index contributed by atoms with van der Waals surface area (Å²) < 4.78 is 51.0. The van der Waals surface area contributed by atoms with Crippen LogP contribution in [-0.4, -0.2) is 27.8 Å². The van der Waals surface area contributed by atoms with Crippen molar-refractivity contribution in [2.75, 3.05) is 19.3 Å². The number of halogens is 2. The Hall–Kier alpha value is -1.05. The first kappa shape index (κ1) is 14.0. The first-order chi connectivity index (χ1) is 7.94. The average Bonchev–Trinajstić information content (AvgIpc) is 2.28. The summed E-state index contributed by atoms with van der Waals surface area (Å²) in [5.41, 5.74) is -0.0157. The third-order valence-electron chi connectivity index (χ3n) is 2.11. The normalized spacial score (nSPS) is 11.7. The Labute approximate surface area is 99.1 Å². The maximum Gasteiger partial charge on any atom is 0.213 e. The number of nitrogens with one attached hydrogen (secondary N) is 2. The Kier molecular flexibility index (Phi) is 4.98. The molecule has 0 fully saturated rings. The molecule has 0 aliphatic rings. The Morgan fingerprint density at radius 2 is 2.00 bits per heavy atom. The summed E-state index contributed by atoms with van der Waals surface area (Å²) in [7, 11) is -1.85. The number of hydrogen-bond acceptors (Lipinski definition) is 3. The lowest BCUT2D eigenvalue weighted by Crippen LogP contribution is -2.30. The topological polar surface area (TPSA) is 58.2 Å². The van der Waals surface area contributed by atoms with Crippen molar-refractivity contribution in [1.82, 2.24) is 10.0 Å². The summed E-state index contributed by atoms with van der Waals surface area (Å²) in [5, 5.41) is 2.69. The zero-order valence-corrected chi connectivity index (χ0v) is 10.2. The molecule has 1 aromatic carbocycles. The molecule has 0 unspecified atom stereocenters. The van der Waals surface area contributed by atoms with E-state index in [0.717, 1.165) is 18.2 Å². The van der Waals surface area contributed by atoms with Crippen molar-refractivity contribution < 1.29 is 17.2 Å². The van der Waals surface area contributed by atoms with Crippen molar-refractivity contribution in [3.63, 3.8) is 0 Å². The molecule has 0 aromatic heterocycles. The molecule has 96 valence electrons. The average molecular weight is 264 g/mol. The summed E-state index contributed by atoms with van der Waals surface area (Å²) in [6, 6.07) is 2.91. The van der Waals surface area contributed by atoms with Gasteiger partial charge in [0.25, 0.3) is 0 Å². The molecule has 0 atom stereocenters. The Bertz CT molecular complexity index is 477. The zero-order valence-electron chi connectivity index (χ0n) is 9.33. The molecule has 0 amide bonds. The van der Waals surface area contributed by atoms with Crippen LogP contribution in [-0.2, 0) is 16.6 Å². The quantitative estimate of drug-likeness (QED) is 0.791. The number of sulfonamides is 1. The maximum absolute atomic E-state index is 13.2. The fraction of sp³-hybridized carbons (Fsp3) is 0.400. The van der Waals surface area contributed by atoms with E-state index in [2.05, 4.69) is 10.0 Å². The summed E-state index contributed by atoms with van der Waals surface area (Å²) in [6.07, 6.45) is 0. The molecular weight excluding hydrogens is 250 g/mol. The summed E-state index contributed by atoms with van der Waals surface area (Å²) in [4.78, 5) is 0. The molecule has 1 aromatic rings.